The van der Waals surface area contributed by atoms with Gasteiger partial charge >= 0.3 is 0 Å². The monoisotopic (exact) mass is 321 g/mol. The largest absolute Gasteiger partial charge is 0.493 e. The van der Waals surface area contributed by atoms with Gasteiger partial charge in [-0.2, -0.15) is 0 Å². The lowest BCUT2D eigenvalue weighted by molar-refractivity contribution is -0.385. The molecule has 20 heavy (non-hydrogen) atoms. The van der Waals surface area contributed by atoms with E-state index in [2.05, 4.69) is 0 Å². The van der Waals surface area contributed by atoms with Crippen molar-refractivity contribution in [3.63, 3.8) is 0 Å². The van der Waals surface area contributed by atoms with Crippen LogP contribution in [0.15, 0.2) is 23.1 Å². The predicted molar refractivity (Wildman–Crippen MR) is 76.3 cm³/mol. The van der Waals surface area contributed by atoms with Crippen LogP contribution >= 0.6 is 11.6 Å². The van der Waals surface area contributed by atoms with Crippen LogP contribution in [0.25, 0.3) is 0 Å². The number of hydrogen-bond donors (Lipinski definition) is 0. The average molecular weight is 322 g/mol. The number of nitro benzene ring substituents is 1. The van der Waals surface area contributed by atoms with Gasteiger partial charge in [-0.3, -0.25) is 10.1 Å². The quantitative estimate of drug-likeness (QED) is 0.438. The molecule has 0 radical (unpaired) electrons. The van der Waals surface area contributed by atoms with E-state index in [1.54, 1.807) is 0 Å². The number of sulfone groups is 1. The van der Waals surface area contributed by atoms with E-state index in [-0.39, 0.29) is 22.2 Å². The Bertz CT molecular complexity index is 588. The number of rotatable bonds is 7. The van der Waals surface area contributed by atoms with E-state index >= 15 is 0 Å². The van der Waals surface area contributed by atoms with Crippen molar-refractivity contribution in [2.45, 2.75) is 30.4 Å². The summed E-state index contributed by atoms with van der Waals surface area (Å²) in [7, 11) is -3.71. The summed E-state index contributed by atoms with van der Waals surface area (Å²) < 4.78 is 29.7. The Morgan fingerprint density at radius 1 is 1.40 bits per heavy atom. The number of hydrogen-bond acceptors (Lipinski definition) is 5. The van der Waals surface area contributed by atoms with E-state index in [0.29, 0.717) is 13.0 Å². The van der Waals surface area contributed by atoms with Crippen LogP contribution in [0.3, 0.4) is 0 Å². The van der Waals surface area contributed by atoms with E-state index in [1.165, 1.54) is 19.1 Å². The minimum Gasteiger partial charge on any atom is -0.493 e. The number of nitrogens with zero attached hydrogens (tertiary/aromatic N) is 1. The standard InChI is InChI=1S/C12H16ClNO5S/c1-3-4-19-11-5-10(14(15)16)6-12(7-11)20(17,18)9(2)8-13/h5-7,9H,3-4,8H2,1-2H3. The summed E-state index contributed by atoms with van der Waals surface area (Å²) in [5.74, 6) is 0.0808. The van der Waals surface area contributed by atoms with Gasteiger partial charge in [-0.15, -0.1) is 11.6 Å². The van der Waals surface area contributed by atoms with Crippen molar-refractivity contribution in [2.75, 3.05) is 12.5 Å². The smallest absolute Gasteiger partial charge is 0.274 e. The van der Waals surface area contributed by atoms with Crippen LogP contribution < -0.4 is 4.74 Å². The first kappa shape index (κ1) is 16.7. The van der Waals surface area contributed by atoms with Crippen molar-refractivity contribution in [2.24, 2.45) is 0 Å². The molecule has 0 aliphatic rings. The molecule has 0 bridgehead atoms. The molecule has 0 N–H and O–H groups in total. The average Bonchev–Trinajstić information content (AvgIpc) is 2.43. The number of halogens is 1. The zero-order valence-electron chi connectivity index (χ0n) is 11.2. The lowest BCUT2D eigenvalue weighted by Crippen LogP contribution is -2.19. The Labute approximate surface area is 122 Å². The van der Waals surface area contributed by atoms with Gasteiger partial charge in [0.1, 0.15) is 5.75 Å². The summed E-state index contributed by atoms with van der Waals surface area (Å²) in [5.41, 5.74) is -0.320. The van der Waals surface area contributed by atoms with Crippen LogP contribution in [0.1, 0.15) is 20.3 Å². The third kappa shape index (κ3) is 3.83. The van der Waals surface area contributed by atoms with Gasteiger partial charge in [0.2, 0.25) is 0 Å². The number of benzene rings is 1. The molecule has 0 aliphatic carbocycles. The lowest BCUT2D eigenvalue weighted by atomic mass is 10.3. The molecule has 8 heteroatoms. The molecule has 1 aromatic rings. The van der Waals surface area contributed by atoms with Crippen molar-refractivity contribution < 1.29 is 18.1 Å². The molecule has 1 atom stereocenters. The Kier molecular flexibility index (Phi) is 5.76. The first-order valence-corrected chi connectivity index (χ1v) is 8.13. The summed E-state index contributed by atoms with van der Waals surface area (Å²) in [5, 5.41) is 10.0. The summed E-state index contributed by atoms with van der Waals surface area (Å²) in [6.07, 6.45) is 0.711. The van der Waals surface area contributed by atoms with Gasteiger partial charge in [-0.25, -0.2) is 8.42 Å². The minimum atomic E-state index is -3.71. The van der Waals surface area contributed by atoms with Gasteiger partial charge in [0.25, 0.3) is 5.69 Å². The Morgan fingerprint density at radius 2 is 2.05 bits per heavy atom. The highest BCUT2D eigenvalue weighted by Gasteiger charge is 2.25. The van der Waals surface area contributed by atoms with E-state index in [1.807, 2.05) is 6.92 Å². The minimum absolute atomic E-state index is 0.0871. The normalized spacial score (nSPS) is 12.9. The zero-order chi connectivity index (χ0) is 15.3. The van der Waals surface area contributed by atoms with Gasteiger partial charge < -0.3 is 4.74 Å². The van der Waals surface area contributed by atoms with Crippen LogP contribution in [0.4, 0.5) is 5.69 Å². The fourth-order valence-corrected chi connectivity index (χ4v) is 3.14. The number of non-ortho nitro benzene ring substituents is 1. The van der Waals surface area contributed by atoms with Crippen molar-refractivity contribution in [1.82, 2.24) is 0 Å². The van der Waals surface area contributed by atoms with Gasteiger partial charge in [0, 0.05) is 11.9 Å². The molecule has 1 rings (SSSR count). The van der Waals surface area contributed by atoms with Gasteiger partial charge in [0.05, 0.1) is 27.7 Å². The second-order valence-corrected chi connectivity index (χ2v) is 6.95. The highest BCUT2D eigenvalue weighted by atomic mass is 35.5. The molecule has 0 spiro atoms. The molecule has 6 nitrogen and oxygen atoms in total. The van der Waals surface area contributed by atoms with E-state index in [9.17, 15) is 18.5 Å². The summed E-state index contributed by atoms with van der Waals surface area (Å²) in [6, 6.07) is 3.53. The Morgan fingerprint density at radius 3 is 2.55 bits per heavy atom. The molecular formula is C12H16ClNO5S. The summed E-state index contributed by atoms with van der Waals surface area (Å²) >= 11 is 5.57. The molecule has 0 amide bonds. The van der Waals surface area contributed by atoms with Crippen molar-refractivity contribution in [3.8, 4) is 5.75 Å². The van der Waals surface area contributed by atoms with Crippen LogP contribution in [-0.4, -0.2) is 31.1 Å². The second kappa shape index (κ2) is 6.90. The second-order valence-electron chi connectivity index (χ2n) is 4.28. The maximum atomic E-state index is 12.2. The van der Waals surface area contributed by atoms with Gasteiger partial charge in [-0.05, 0) is 19.4 Å². The molecule has 1 unspecified atom stereocenters. The van der Waals surface area contributed by atoms with E-state index < -0.39 is 20.0 Å². The fraction of sp³-hybridized carbons (Fsp3) is 0.500. The predicted octanol–water partition coefficient (Wildman–Crippen LogP) is 2.78. The topological polar surface area (TPSA) is 86.5 Å². The summed E-state index contributed by atoms with van der Waals surface area (Å²) in [6.45, 7) is 3.68. The van der Waals surface area contributed by atoms with Crippen molar-refractivity contribution in [1.29, 1.82) is 0 Å². The highest BCUT2D eigenvalue weighted by molar-refractivity contribution is 7.92. The lowest BCUT2D eigenvalue weighted by Gasteiger charge is -2.11. The zero-order valence-corrected chi connectivity index (χ0v) is 12.8. The van der Waals surface area contributed by atoms with Crippen molar-refractivity contribution >= 4 is 27.1 Å². The molecule has 0 aliphatic heterocycles. The summed E-state index contributed by atoms with van der Waals surface area (Å²) in [4.78, 5) is 10.1. The maximum Gasteiger partial charge on any atom is 0.274 e. The first-order chi connectivity index (χ1) is 9.32. The Hall–Kier alpha value is -1.34. The van der Waals surface area contributed by atoms with Crippen LogP contribution in [0.5, 0.6) is 5.75 Å². The number of alkyl halides is 1. The van der Waals surface area contributed by atoms with E-state index in [4.69, 9.17) is 16.3 Å². The first-order valence-electron chi connectivity index (χ1n) is 6.05. The van der Waals surface area contributed by atoms with Crippen LogP contribution in [0, 0.1) is 10.1 Å². The molecule has 1 aromatic carbocycles. The third-order valence-electron chi connectivity index (χ3n) is 2.62. The molecular weight excluding hydrogens is 306 g/mol. The molecule has 0 aromatic heterocycles. The van der Waals surface area contributed by atoms with Crippen molar-refractivity contribution in [3.05, 3.63) is 28.3 Å². The van der Waals surface area contributed by atoms with Crippen LogP contribution in [0.2, 0.25) is 0 Å². The van der Waals surface area contributed by atoms with Gasteiger partial charge in [0.15, 0.2) is 9.84 Å². The third-order valence-corrected chi connectivity index (χ3v) is 5.39. The molecule has 0 fully saturated rings. The SMILES string of the molecule is CCCOc1cc([N+](=O)[O-])cc(S(=O)(=O)C(C)CCl)c1. The number of ether oxygens (including phenoxy) is 1. The van der Waals surface area contributed by atoms with Crippen LogP contribution in [-0.2, 0) is 9.84 Å². The molecule has 112 valence electrons. The van der Waals surface area contributed by atoms with Gasteiger partial charge in [-0.1, -0.05) is 6.92 Å². The molecule has 0 heterocycles. The number of nitro groups is 1. The highest BCUT2D eigenvalue weighted by Crippen LogP contribution is 2.28. The maximum absolute atomic E-state index is 12.2. The Balaban J connectivity index is 3.32. The molecule has 0 saturated heterocycles. The fourth-order valence-electron chi connectivity index (χ4n) is 1.44. The van der Waals surface area contributed by atoms with E-state index in [0.717, 1.165) is 6.07 Å². The molecule has 0 saturated carbocycles.